The average molecular weight is 365 g/mol. The van der Waals surface area contributed by atoms with Gasteiger partial charge in [-0.25, -0.2) is 0 Å². The minimum absolute atomic E-state index is 0.0214. The van der Waals surface area contributed by atoms with E-state index in [0.717, 1.165) is 25.7 Å². The third-order valence-corrected chi connectivity index (χ3v) is 5.43. The molecule has 2 aliphatic rings. The number of nitro groups is 1. The maximum atomic E-state index is 12.8. The fraction of sp³-hybridized carbons (Fsp3) is 0.381. The van der Waals surface area contributed by atoms with Crippen LogP contribution in [0, 0.1) is 10.1 Å². The van der Waals surface area contributed by atoms with E-state index in [9.17, 15) is 14.9 Å². The summed E-state index contributed by atoms with van der Waals surface area (Å²) in [7, 11) is 0. The van der Waals surface area contributed by atoms with E-state index in [1.54, 1.807) is 12.1 Å². The summed E-state index contributed by atoms with van der Waals surface area (Å²) in [4.78, 5) is 25.7. The Kier molecular flexibility index (Phi) is 4.79. The lowest BCUT2D eigenvalue weighted by Crippen LogP contribution is -2.37. The molecule has 1 N–H and O–H groups in total. The van der Waals surface area contributed by atoms with E-state index in [4.69, 9.17) is 0 Å². The summed E-state index contributed by atoms with van der Waals surface area (Å²) in [6.45, 7) is 1.35. The Labute approximate surface area is 158 Å². The van der Waals surface area contributed by atoms with Crippen LogP contribution >= 0.6 is 0 Å². The molecule has 1 heterocycles. The van der Waals surface area contributed by atoms with Crippen molar-refractivity contribution < 1.29 is 9.72 Å². The quantitative estimate of drug-likeness (QED) is 0.637. The molecule has 27 heavy (non-hydrogen) atoms. The van der Waals surface area contributed by atoms with Crippen LogP contribution in [0.25, 0.3) is 0 Å². The van der Waals surface area contributed by atoms with E-state index in [1.807, 2.05) is 23.1 Å². The molecule has 2 aromatic rings. The molecule has 0 radical (unpaired) electrons. The van der Waals surface area contributed by atoms with Crippen LogP contribution in [0.4, 0.5) is 11.4 Å². The van der Waals surface area contributed by atoms with Crippen molar-refractivity contribution >= 4 is 17.3 Å². The molecule has 140 valence electrons. The van der Waals surface area contributed by atoms with E-state index in [0.29, 0.717) is 36.3 Å². The molecule has 1 saturated heterocycles. The highest BCUT2D eigenvalue weighted by molar-refractivity contribution is 5.95. The molecule has 1 saturated carbocycles. The van der Waals surface area contributed by atoms with Gasteiger partial charge in [-0.1, -0.05) is 30.3 Å². The number of piperidine rings is 1. The molecular formula is C21H23N3O3. The lowest BCUT2D eigenvalue weighted by molar-refractivity contribution is -0.384. The summed E-state index contributed by atoms with van der Waals surface area (Å²) < 4.78 is 0. The first-order valence-corrected chi connectivity index (χ1v) is 9.51. The molecule has 6 nitrogen and oxygen atoms in total. The van der Waals surface area contributed by atoms with Gasteiger partial charge in [0, 0.05) is 30.8 Å². The first-order chi connectivity index (χ1) is 13.1. The lowest BCUT2D eigenvalue weighted by Gasteiger charge is -2.32. The summed E-state index contributed by atoms with van der Waals surface area (Å²) in [6.07, 6.45) is 3.90. The molecule has 2 fully saturated rings. The Hall–Kier alpha value is -2.89. The number of hydrogen-bond acceptors (Lipinski definition) is 4. The van der Waals surface area contributed by atoms with Crippen LogP contribution in [-0.2, 0) is 0 Å². The molecule has 0 spiro atoms. The van der Waals surface area contributed by atoms with Gasteiger partial charge in [0.25, 0.3) is 11.6 Å². The van der Waals surface area contributed by atoms with E-state index >= 15 is 0 Å². The highest BCUT2D eigenvalue weighted by Crippen LogP contribution is 2.33. The van der Waals surface area contributed by atoms with Crippen LogP contribution < -0.4 is 5.32 Å². The summed E-state index contributed by atoms with van der Waals surface area (Å²) in [5, 5.41) is 14.6. The summed E-state index contributed by atoms with van der Waals surface area (Å²) >= 11 is 0. The Morgan fingerprint density at radius 1 is 1.04 bits per heavy atom. The van der Waals surface area contributed by atoms with E-state index in [2.05, 4.69) is 17.4 Å². The number of benzene rings is 2. The Morgan fingerprint density at radius 3 is 2.37 bits per heavy atom. The van der Waals surface area contributed by atoms with Gasteiger partial charge in [-0.3, -0.25) is 14.9 Å². The van der Waals surface area contributed by atoms with E-state index in [1.165, 1.54) is 11.6 Å². The van der Waals surface area contributed by atoms with Gasteiger partial charge in [0.2, 0.25) is 0 Å². The van der Waals surface area contributed by atoms with Crippen LogP contribution in [-0.4, -0.2) is 34.9 Å². The van der Waals surface area contributed by atoms with Crippen molar-refractivity contribution in [3.05, 3.63) is 69.8 Å². The van der Waals surface area contributed by atoms with E-state index in [-0.39, 0.29) is 11.6 Å². The maximum Gasteiger partial charge on any atom is 0.293 e. The third-order valence-electron chi connectivity index (χ3n) is 5.43. The summed E-state index contributed by atoms with van der Waals surface area (Å²) in [5.74, 6) is 0.345. The number of anilines is 1. The molecule has 2 aromatic carbocycles. The predicted octanol–water partition coefficient (Wildman–Crippen LogP) is 4.19. The second kappa shape index (κ2) is 7.39. The normalized spacial score (nSPS) is 17.6. The average Bonchev–Trinajstić information content (AvgIpc) is 3.52. The molecule has 0 atom stereocenters. The van der Waals surface area contributed by atoms with Crippen molar-refractivity contribution in [2.45, 2.75) is 37.6 Å². The van der Waals surface area contributed by atoms with Crippen molar-refractivity contribution in [3.63, 3.8) is 0 Å². The number of hydrogen-bond donors (Lipinski definition) is 1. The third kappa shape index (κ3) is 3.94. The first kappa shape index (κ1) is 17.5. The second-order valence-electron chi connectivity index (χ2n) is 7.38. The molecule has 0 unspecified atom stereocenters. The Balaban J connectivity index is 1.45. The number of likely N-dealkylation sites (tertiary alicyclic amines) is 1. The predicted molar refractivity (Wildman–Crippen MR) is 104 cm³/mol. The number of carbonyl (C=O) groups is 1. The highest BCUT2D eigenvalue weighted by atomic mass is 16.6. The van der Waals surface area contributed by atoms with Crippen molar-refractivity contribution in [2.24, 2.45) is 0 Å². The Bertz CT molecular complexity index is 841. The minimum atomic E-state index is -0.414. The number of carbonyl (C=O) groups excluding carboxylic acids is 1. The van der Waals surface area contributed by atoms with E-state index < -0.39 is 4.92 Å². The van der Waals surface area contributed by atoms with Crippen molar-refractivity contribution in [1.29, 1.82) is 0 Å². The zero-order valence-corrected chi connectivity index (χ0v) is 15.1. The standard InChI is InChI=1S/C21H23N3O3/c25-21(23-12-10-16(11-13-23)15-4-2-1-3-5-15)17-6-9-19(22-18-7-8-18)20(14-17)24(26)27/h1-6,9,14,16,18,22H,7-8,10-13H2. The van der Waals surface area contributed by atoms with Gasteiger partial charge >= 0.3 is 0 Å². The SMILES string of the molecule is O=C(c1ccc(NC2CC2)c([N+](=O)[O-])c1)N1CCC(c2ccccc2)CC1. The monoisotopic (exact) mass is 365 g/mol. The van der Waals surface area contributed by atoms with Crippen molar-refractivity contribution in [1.82, 2.24) is 4.90 Å². The number of amides is 1. The van der Waals surface area contributed by atoms with Crippen LogP contribution in [0.3, 0.4) is 0 Å². The molecule has 1 amide bonds. The smallest absolute Gasteiger partial charge is 0.293 e. The second-order valence-corrected chi connectivity index (χ2v) is 7.38. The van der Waals surface area contributed by atoms with Crippen LogP contribution in [0.2, 0.25) is 0 Å². The van der Waals surface area contributed by atoms with Crippen LogP contribution in [0.1, 0.15) is 47.5 Å². The summed E-state index contributed by atoms with van der Waals surface area (Å²) in [5.41, 5.74) is 2.19. The van der Waals surface area contributed by atoms with Gasteiger partial charge < -0.3 is 10.2 Å². The lowest BCUT2D eigenvalue weighted by atomic mass is 9.89. The fourth-order valence-electron chi connectivity index (χ4n) is 3.71. The van der Waals surface area contributed by atoms with Gasteiger partial charge in [-0.05, 0) is 49.3 Å². The van der Waals surface area contributed by atoms with Crippen molar-refractivity contribution in [3.8, 4) is 0 Å². The fourth-order valence-corrected chi connectivity index (χ4v) is 3.71. The molecule has 1 aliphatic heterocycles. The van der Waals surface area contributed by atoms with Crippen LogP contribution in [0.15, 0.2) is 48.5 Å². The largest absolute Gasteiger partial charge is 0.377 e. The van der Waals surface area contributed by atoms with Gasteiger partial charge in [0.15, 0.2) is 0 Å². The number of nitrogens with one attached hydrogen (secondary N) is 1. The Morgan fingerprint density at radius 2 is 1.74 bits per heavy atom. The number of nitro benzene ring substituents is 1. The number of rotatable bonds is 5. The maximum absolute atomic E-state index is 12.8. The van der Waals surface area contributed by atoms with Gasteiger partial charge in [-0.2, -0.15) is 0 Å². The molecule has 6 heteroatoms. The topological polar surface area (TPSA) is 75.5 Å². The van der Waals surface area contributed by atoms with Gasteiger partial charge in [-0.15, -0.1) is 0 Å². The minimum Gasteiger partial charge on any atom is -0.377 e. The zero-order valence-electron chi connectivity index (χ0n) is 15.1. The number of nitrogens with zero attached hydrogens (tertiary/aromatic N) is 2. The summed E-state index contributed by atoms with van der Waals surface area (Å²) in [6, 6.07) is 15.5. The zero-order chi connectivity index (χ0) is 18.8. The molecule has 4 rings (SSSR count). The highest BCUT2D eigenvalue weighted by Gasteiger charge is 2.28. The first-order valence-electron chi connectivity index (χ1n) is 9.51. The molecule has 0 bridgehead atoms. The van der Waals surface area contributed by atoms with Gasteiger partial charge in [0.1, 0.15) is 5.69 Å². The molecule has 0 aromatic heterocycles. The van der Waals surface area contributed by atoms with Crippen LogP contribution in [0.5, 0.6) is 0 Å². The van der Waals surface area contributed by atoms with Gasteiger partial charge in [0.05, 0.1) is 4.92 Å². The van der Waals surface area contributed by atoms with Crippen molar-refractivity contribution in [2.75, 3.05) is 18.4 Å². The molecule has 1 aliphatic carbocycles. The molecular weight excluding hydrogens is 342 g/mol.